The zero-order valence-electron chi connectivity index (χ0n) is 12.8. The third kappa shape index (κ3) is 3.12. The Morgan fingerprint density at radius 3 is 3.05 bits per heavy atom. The molecule has 1 aromatic heterocycles. The average molecular weight is 291 g/mol. The molecule has 0 bridgehead atoms. The summed E-state index contributed by atoms with van der Waals surface area (Å²) in [5, 5.41) is 7.34. The van der Waals surface area contributed by atoms with Gasteiger partial charge in [0, 0.05) is 12.7 Å². The molecule has 1 aromatic rings. The standard InChI is InChI=1S/C16H25N3O2/c1-2-10-19-14(6-9-17-19)15(20)18-13-11-16(21-12-13)7-4-3-5-8-16/h6,9,13H,2-5,7-8,10-12H2,1H3,(H,18,20)/t13-/m0/s1. The van der Waals surface area contributed by atoms with Gasteiger partial charge in [0.25, 0.3) is 5.91 Å². The Kier molecular flexibility index (Phi) is 4.29. The second-order valence-electron chi connectivity index (χ2n) is 6.37. The van der Waals surface area contributed by atoms with Crippen LogP contribution in [-0.2, 0) is 11.3 Å². The van der Waals surface area contributed by atoms with E-state index in [-0.39, 0.29) is 17.6 Å². The van der Waals surface area contributed by atoms with Gasteiger partial charge in [-0.2, -0.15) is 5.10 Å². The molecular weight excluding hydrogens is 266 g/mol. The van der Waals surface area contributed by atoms with Gasteiger partial charge in [0.05, 0.1) is 18.2 Å². The van der Waals surface area contributed by atoms with Gasteiger partial charge in [-0.15, -0.1) is 0 Å². The number of nitrogens with zero attached hydrogens (tertiary/aromatic N) is 2. The number of amides is 1. The monoisotopic (exact) mass is 291 g/mol. The predicted molar refractivity (Wildman–Crippen MR) is 80.2 cm³/mol. The van der Waals surface area contributed by atoms with Crippen molar-refractivity contribution < 1.29 is 9.53 Å². The van der Waals surface area contributed by atoms with Gasteiger partial charge >= 0.3 is 0 Å². The molecule has 1 N–H and O–H groups in total. The van der Waals surface area contributed by atoms with E-state index in [1.165, 1.54) is 19.3 Å². The molecular formula is C16H25N3O2. The lowest BCUT2D eigenvalue weighted by Gasteiger charge is -2.32. The molecule has 1 aliphatic heterocycles. The van der Waals surface area contributed by atoms with E-state index < -0.39 is 0 Å². The highest BCUT2D eigenvalue weighted by atomic mass is 16.5. The van der Waals surface area contributed by atoms with E-state index in [9.17, 15) is 4.79 Å². The van der Waals surface area contributed by atoms with Gasteiger partial charge in [-0.25, -0.2) is 0 Å². The van der Waals surface area contributed by atoms with Crippen LogP contribution in [0.4, 0.5) is 0 Å². The molecule has 0 unspecified atom stereocenters. The summed E-state index contributed by atoms with van der Waals surface area (Å²) in [5.41, 5.74) is 0.696. The van der Waals surface area contributed by atoms with Crippen LogP contribution >= 0.6 is 0 Å². The van der Waals surface area contributed by atoms with E-state index in [2.05, 4.69) is 17.3 Å². The summed E-state index contributed by atoms with van der Waals surface area (Å²) < 4.78 is 7.83. The molecule has 0 aromatic carbocycles. The molecule has 21 heavy (non-hydrogen) atoms. The Labute approximate surface area is 126 Å². The van der Waals surface area contributed by atoms with Crippen molar-refractivity contribution in [3.05, 3.63) is 18.0 Å². The second kappa shape index (κ2) is 6.18. The first kappa shape index (κ1) is 14.6. The first-order valence-electron chi connectivity index (χ1n) is 8.19. The van der Waals surface area contributed by atoms with Crippen LogP contribution in [0.25, 0.3) is 0 Å². The largest absolute Gasteiger partial charge is 0.373 e. The van der Waals surface area contributed by atoms with Gasteiger partial charge in [-0.3, -0.25) is 9.48 Å². The Morgan fingerprint density at radius 2 is 2.29 bits per heavy atom. The number of hydrogen-bond donors (Lipinski definition) is 1. The summed E-state index contributed by atoms with van der Waals surface area (Å²) in [7, 11) is 0. The average Bonchev–Trinajstić information content (AvgIpc) is 3.08. The van der Waals surface area contributed by atoms with Gasteiger partial charge in [0.2, 0.25) is 0 Å². The number of ether oxygens (including phenoxy) is 1. The molecule has 1 atom stereocenters. The van der Waals surface area contributed by atoms with Crippen LogP contribution in [0.1, 0.15) is 62.4 Å². The first-order chi connectivity index (χ1) is 10.2. The minimum Gasteiger partial charge on any atom is -0.373 e. The summed E-state index contributed by atoms with van der Waals surface area (Å²) in [5.74, 6) is -0.0255. The van der Waals surface area contributed by atoms with Crippen LogP contribution in [0, 0.1) is 0 Å². The van der Waals surface area contributed by atoms with Gasteiger partial charge in [0.15, 0.2) is 0 Å². The lowest BCUT2D eigenvalue weighted by molar-refractivity contribution is -0.0246. The van der Waals surface area contributed by atoms with Gasteiger partial charge in [-0.05, 0) is 31.7 Å². The lowest BCUT2D eigenvalue weighted by Crippen LogP contribution is -2.38. The Morgan fingerprint density at radius 1 is 1.48 bits per heavy atom. The van der Waals surface area contributed by atoms with Gasteiger partial charge < -0.3 is 10.1 Å². The quantitative estimate of drug-likeness (QED) is 0.927. The summed E-state index contributed by atoms with van der Waals surface area (Å²) in [6, 6.07) is 1.93. The Bertz CT molecular complexity index is 491. The van der Waals surface area contributed by atoms with E-state index in [4.69, 9.17) is 4.74 Å². The third-order valence-corrected chi connectivity index (χ3v) is 4.69. The SMILES string of the molecule is CCCn1nccc1C(=O)N[C@@H]1COC2(CCCCC2)C1. The lowest BCUT2D eigenvalue weighted by atomic mass is 9.82. The zero-order chi connectivity index (χ0) is 14.7. The van der Waals surface area contributed by atoms with Crippen molar-refractivity contribution in [3.63, 3.8) is 0 Å². The molecule has 3 rings (SSSR count). The second-order valence-corrected chi connectivity index (χ2v) is 6.37. The van der Waals surface area contributed by atoms with Crippen molar-refractivity contribution >= 4 is 5.91 Å². The van der Waals surface area contributed by atoms with Crippen LogP contribution in [0.15, 0.2) is 12.3 Å². The number of carbonyl (C=O) groups excluding carboxylic acids is 1. The fourth-order valence-corrected chi connectivity index (χ4v) is 3.66. The van der Waals surface area contributed by atoms with Gasteiger partial charge in [0.1, 0.15) is 5.69 Å². The van der Waals surface area contributed by atoms with E-state index in [1.807, 2.05) is 0 Å². The minimum atomic E-state index is -0.0255. The number of nitrogens with one attached hydrogen (secondary N) is 1. The molecule has 1 amide bonds. The number of aromatic nitrogens is 2. The van der Waals surface area contributed by atoms with Crippen LogP contribution in [-0.4, -0.2) is 33.9 Å². The van der Waals surface area contributed by atoms with Crippen molar-refractivity contribution in [2.45, 2.75) is 70.1 Å². The third-order valence-electron chi connectivity index (χ3n) is 4.69. The number of hydrogen-bond acceptors (Lipinski definition) is 3. The smallest absolute Gasteiger partial charge is 0.269 e. The molecule has 1 aliphatic carbocycles. The van der Waals surface area contributed by atoms with Crippen molar-refractivity contribution in [2.24, 2.45) is 0 Å². The Hall–Kier alpha value is -1.36. The topological polar surface area (TPSA) is 56.2 Å². The van der Waals surface area contributed by atoms with Crippen molar-refractivity contribution in [1.82, 2.24) is 15.1 Å². The summed E-state index contributed by atoms with van der Waals surface area (Å²) >= 11 is 0. The maximum absolute atomic E-state index is 12.4. The number of carbonyl (C=O) groups is 1. The molecule has 2 heterocycles. The normalized spacial score (nSPS) is 24.3. The molecule has 0 radical (unpaired) electrons. The van der Waals surface area contributed by atoms with E-state index in [0.29, 0.717) is 12.3 Å². The summed E-state index contributed by atoms with van der Waals surface area (Å²) in [4.78, 5) is 12.4. The zero-order valence-corrected chi connectivity index (χ0v) is 12.8. The molecule has 5 heteroatoms. The number of rotatable bonds is 4. The summed E-state index contributed by atoms with van der Waals surface area (Å²) in [6.45, 7) is 3.51. The molecule has 2 fully saturated rings. The molecule has 5 nitrogen and oxygen atoms in total. The van der Waals surface area contributed by atoms with Crippen LogP contribution in [0.3, 0.4) is 0 Å². The first-order valence-corrected chi connectivity index (χ1v) is 8.19. The molecule has 116 valence electrons. The minimum absolute atomic E-state index is 0.0255. The Balaban J connectivity index is 1.59. The van der Waals surface area contributed by atoms with Crippen molar-refractivity contribution in [3.8, 4) is 0 Å². The molecule has 1 saturated carbocycles. The van der Waals surface area contributed by atoms with Crippen LogP contribution in [0.2, 0.25) is 0 Å². The van der Waals surface area contributed by atoms with Crippen molar-refractivity contribution in [1.29, 1.82) is 0 Å². The molecule has 2 aliphatic rings. The highest BCUT2D eigenvalue weighted by Crippen LogP contribution is 2.39. The summed E-state index contributed by atoms with van der Waals surface area (Å²) in [6.07, 6.45) is 9.74. The van der Waals surface area contributed by atoms with E-state index in [1.54, 1.807) is 16.9 Å². The van der Waals surface area contributed by atoms with Crippen LogP contribution < -0.4 is 5.32 Å². The highest BCUT2D eigenvalue weighted by molar-refractivity contribution is 5.92. The fraction of sp³-hybridized carbons (Fsp3) is 0.750. The van der Waals surface area contributed by atoms with E-state index in [0.717, 1.165) is 32.2 Å². The van der Waals surface area contributed by atoms with Crippen LogP contribution in [0.5, 0.6) is 0 Å². The van der Waals surface area contributed by atoms with Gasteiger partial charge in [-0.1, -0.05) is 26.2 Å². The fourth-order valence-electron chi connectivity index (χ4n) is 3.66. The maximum Gasteiger partial charge on any atom is 0.269 e. The molecule has 1 saturated heterocycles. The number of aryl methyl sites for hydroxylation is 1. The molecule has 1 spiro atoms. The highest BCUT2D eigenvalue weighted by Gasteiger charge is 2.41. The predicted octanol–water partition coefficient (Wildman–Crippen LogP) is 2.51. The van der Waals surface area contributed by atoms with E-state index >= 15 is 0 Å². The van der Waals surface area contributed by atoms with Crippen molar-refractivity contribution in [2.75, 3.05) is 6.61 Å². The maximum atomic E-state index is 12.4.